The maximum Gasteiger partial charge on any atom is 0.256 e. The van der Waals surface area contributed by atoms with E-state index in [0.717, 1.165) is 80.0 Å². The van der Waals surface area contributed by atoms with E-state index in [2.05, 4.69) is 226 Å². The first kappa shape index (κ1) is 79.1. The van der Waals surface area contributed by atoms with E-state index < -0.39 is 0 Å². The Morgan fingerprint density at radius 2 is 0.697 bits per heavy atom. The molecule has 9 N–H and O–H groups in total. The highest BCUT2D eigenvalue weighted by atomic mass is 16.5. The zero-order chi connectivity index (χ0) is 81.8. The molecule has 119 heavy (non-hydrogen) atoms. The molecule has 594 valence electrons. The Kier molecular flexibility index (Phi) is 26.4. The molecular formula is C83H77N31O5. The van der Waals surface area contributed by atoms with Crippen molar-refractivity contribution in [3.63, 3.8) is 0 Å². The summed E-state index contributed by atoms with van der Waals surface area (Å²) in [6.07, 6.45) is 22.3. The first-order valence-corrected chi connectivity index (χ1v) is 37.1. The second kappa shape index (κ2) is 39.8. The fraction of sp³-hybridized carbons (Fsp3) is 0.133. The van der Waals surface area contributed by atoms with Gasteiger partial charge in [-0.05, 0) is 71.3 Å². The van der Waals surface area contributed by atoms with Crippen molar-refractivity contribution < 1.29 is 23.7 Å². The fourth-order valence-corrected chi connectivity index (χ4v) is 11.4. The lowest BCUT2D eigenvalue weighted by Gasteiger charge is -2.10. The molecule has 0 bridgehead atoms. The summed E-state index contributed by atoms with van der Waals surface area (Å²) in [5, 5.41) is 5.99. The highest BCUT2D eigenvalue weighted by molar-refractivity contribution is 6.06. The normalized spacial score (nSPS) is 10.6. The summed E-state index contributed by atoms with van der Waals surface area (Å²) in [6.45, 7) is 8.91. The van der Waals surface area contributed by atoms with Crippen LogP contribution in [0.1, 0.15) is 61.8 Å². The predicted molar refractivity (Wildman–Crippen MR) is 446 cm³/mol. The number of nitrogens with zero attached hydrogens (tertiary/aromatic N) is 22. The number of hydrogen-bond donors (Lipinski definition) is 9. The van der Waals surface area contributed by atoms with Crippen LogP contribution in [0.15, 0.2) is 252 Å². The zero-order valence-corrected chi connectivity index (χ0v) is 64.8. The van der Waals surface area contributed by atoms with Crippen LogP contribution < -0.4 is 34.5 Å². The number of H-pyrrole nitrogens is 7. The van der Waals surface area contributed by atoms with Crippen LogP contribution in [0, 0.1) is 13.8 Å². The molecule has 14 heterocycles. The Labute approximate surface area is 677 Å². The number of anilines is 3. The number of aryl methyl sites for hydroxylation is 3. The molecule has 0 saturated heterocycles. The van der Waals surface area contributed by atoms with E-state index in [0.29, 0.717) is 106 Å². The third-order valence-electron chi connectivity index (χ3n) is 17.5. The first-order valence-electron chi connectivity index (χ1n) is 37.1. The highest BCUT2D eigenvalue weighted by Gasteiger charge is 2.15. The Bertz CT molecular complexity index is 6440. The van der Waals surface area contributed by atoms with E-state index in [4.69, 9.17) is 18.9 Å². The Morgan fingerprint density at radius 3 is 1.17 bits per heavy atom. The summed E-state index contributed by atoms with van der Waals surface area (Å²) in [5.41, 5.74) is 19.6. The number of aromatic amines is 7. The molecule has 0 saturated carbocycles. The smallest absolute Gasteiger partial charge is 0.256 e. The van der Waals surface area contributed by atoms with E-state index >= 15 is 0 Å². The quantitative estimate of drug-likeness (QED) is 0.0363. The van der Waals surface area contributed by atoms with Crippen molar-refractivity contribution in [3.05, 3.63) is 302 Å². The van der Waals surface area contributed by atoms with Crippen LogP contribution in [-0.2, 0) is 39.4 Å². The van der Waals surface area contributed by atoms with Gasteiger partial charge in [-0.1, -0.05) is 164 Å². The van der Waals surface area contributed by atoms with E-state index in [1.165, 1.54) is 72.9 Å². The molecule has 0 fully saturated rings. The van der Waals surface area contributed by atoms with Crippen LogP contribution in [-0.4, -0.2) is 160 Å². The Morgan fingerprint density at radius 1 is 0.336 bits per heavy atom. The molecular weight excluding hydrogens is 1510 g/mol. The molecule has 20 rings (SSSR count). The van der Waals surface area contributed by atoms with Gasteiger partial charge in [-0.25, -0.2) is 84.7 Å². The topological polar surface area (TPSA) is 463 Å². The first-order chi connectivity index (χ1) is 58.5. The van der Waals surface area contributed by atoms with E-state index in [9.17, 15) is 4.79 Å². The van der Waals surface area contributed by atoms with Gasteiger partial charge in [-0.15, -0.1) is 0 Å². The van der Waals surface area contributed by atoms with Crippen LogP contribution in [0.5, 0.6) is 23.5 Å². The number of benzene rings is 6. The number of carbonyl (C=O) groups is 1. The molecule has 0 unspecified atom stereocenters. The molecule has 6 aromatic carbocycles. The largest absolute Gasteiger partial charge is 0.471 e. The van der Waals surface area contributed by atoms with Gasteiger partial charge in [-0.2, -0.15) is 19.9 Å². The number of amides is 1. The van der Waals surface area contributed by atoms with Crippen molar-refractivity contribution in [2.45, 2.75) is 60.2 Å². The molecule has 0 aliphatic rings. The number of aromatic nitrogens is 28. The fourth-order valence-electron chi connectivity index (χ4n) is 11.4. The number of imidazole rings is 7. The standard InChI is InChI=1S/C14H14N4O.2C13H12N4O.C12H9N5O.C12H11N5.C12H10N4O.C7H9N5/c1-2-10-3-5-11(6-4-10)7-19-14-12-13(16-8-15-12)17-9-18-14;1-9-3-2-4-10(5-9)6-18-13-11-12(15-7-14-11)16-8-17-13;1-9-4-2-3-5-10(9)6-18-13-11-12(15-7-14-11)16-8-17-13;18-12(8-4-2-1-3-5-8)17-11-9-10(14-6-13-9)15-7-16-11;1-2-4-9(5-3-1)6-13-11-10-12(15-7-14-10)17-8-16-11;1-2-4-9(5-3-1)6-17-12-10-11(14-7-13-10)15-8-16-12;1-12(2)7-5-6(9-3-8-5)10-4-11-7/h3-6,8-9H,2,7H2,1H3,(H,15,16,17,18);2*2-5,7-8H,6H2,1H3,(H,14,15,16,17);1-7H,(H2,13,14,15,16,17,18);1-5,7-8H,6H2,(H2,13,14,15,16,17);1-5,7-8H,6H2,(H,13,14,15,16);3-4H,1-2H3,(H,8,9,10,11). The van der Waals surface area contributed by atoms with Gasteiger partial charge >= 0.3 is 0 Å². The summed E-state index contributed by atoms with van der Waals surface area (Å²) >= 11 is 0. The number of carbonyl (C=O) groups excluding carboxylic acids is 1. The highest BCUT2D eigenvalue weighted by Crippen LogP contribution is 2.25. The second-order valence-electron chi connectivity index (χ2n) is 25.8. The molecule has 0 aliphatic carbocycles. The number of fused-ring (bicyclic) bond motifs is 7. The third kappa shape index (κ3) is 21.2. The molecule has 20 aromatic rings. The van der Waals surface area contributed by atoms with Crippen molar-refractivity contribution in [1.82, 2.24) is 140 Å². The third-order valence-corrected chi connectivity index (χ3v) is 17.5. The Balaban J connectivity index is 0.000000114. The van der Waals surface area contributed by atoms with E-state index in [-0.39, 0.29) is 5.91 Å². The molecule has 36 heteroatoms. The lowest BCUT2D eigenvalue weighted by Crippen LogP contribution is -2.13. The zero-order valence-electron chi connectivity index (χ0n) is 64.8. The van der Waals surface area contributed by atoms with E-state index in [1.807, 2.05) is 104 Å². The monoisotopic (exact) mass is 1590 g/mol. The van der Waals surface area contributed by atoms with Crippen LogP contribution in [0.4, 0.5) is 17.5 Å². The maximum absolute atomic E-state index is 12.0. The molecule has 36 nitrogen and oxygen atoms in total. The van der Waals surface area contributed by atoms with Crippen LogP contribution >= 0.6 is 0 Å². The van der Waals surface area contributed by atoms with E-state index in [1.54, 1.807) is 62.2 Å². The minimum atomic E-state index is -0.217. The molecule has 1 amide bonds. The molecule has 0 atom stereocenters. The van der Waals surface area contributed by atoms with Gasteiger partial charge in [0.05, 0.1) is 44.3 Å². The number of rotatable bonds is 19. The van der Waals surface area contributed by atoms with Gasteiger partial charge in [0.2, 0.25) is 23.5 Å². The number of hydrogen-bond acceptors (Lipinski definition) is 28. The predicted octanol–water partition coefficient (Wildman–Crippen LogP) is 12.9. The van der Waals surface area contributed by atoms with Crippen molar-refractivity contribution in [2.24, 2.45) is 0 Å². The molecule has 14 aromatic heterocycles. The molecule has 0 aliphatic heterocycles. The summed E-state index contributed by atoms with van der Waals surface area (Å²) in [7, 11) is 3.87. The SMILES string of the molecule is CCc1ccc(COc2ncnc3nc[nH]c23)cc1.CN(C)c1ncnc2nc[nH]c12.Cc1cccc(COc2ncnc3nc[nH]c23)c1.Cc1ccccc1COc1ncnc2nc[nH]c12.O=C(Nc1ncnc2nc[nH]c12)c1ccccc1.c1ccc(CNc2ncnc3nc[nH]c23)cc1.c1ccc(COc2ncnc3nc[nH]c23)cc1. The van der Waals surface area contributed by atoms with Crippen molar-refractivity contribution in [3.8, 4) is 23.5 Å². The average molecular weight is 1590 g/mol. The van der Waals surface area contributed by atoms with Crippen LogP contribution in [0.25, 0.3) is 78.1 Å². The van der Waals surface area contributed by atoms with Gasteiger partial charge in [-0.3, -0.25) is 4.79 Å². The van der Waals surface area contributed by atoms with Crippen LogP contribution in [0.3, 0.4) is 0 Å². The molecule has 0 radical (unpaired) electrons. The minimum Gasteiger partial charge on any atom is -0.471 e. The Hall–Kier alpha value is -16.6. The van der Waals surface area contributed by atoms with Crippen molar-refractivity contribution >= 4 is 102 Å². The summed E-state index contributed by atoms with van der Waals surface area (Å²) in [5.74, 6) is 3.95. The molecule has 0 spiro atoms. The van der Waals surface area contributed by atoms with Gasteiger partial charge in [0.1, 0.15) is 109 Å². The summed E-state index contributed by atoms with van der Waals surface area (Å²) < 4.78 is 22.8. The van der Waals surface area contributed by atoms with Gasteiger partial charge in [0.25, 0.3) is 5.91 Å². The second-order valence-corrected chi connectivity index (χ2v) is 25.8. The average Bonchev–Trinajstić information content (AvgIpc) is 1.76. The van der Waals surface area contributed by atoms with Gasteiger partial charge in [0, 0.05) is 26.2 Å². The van der Waals surface area contributed by atoms with Crippen molar-refractivity contribution in [1.29, 1.82) is 0 Å². The minimum absolute atomic E-state index is 0.217. The number of nitrogens with one attached hydrogen (secondary N) is 9. The van der Waals surface area contributed by atoms with Crippen LogP contribution in [0.2, 0.25) is 0 Å². The maximum atomic E-state index is 12.0. The lowest BCUT2D eigenvalue weighted by molar-refractivity contribution is 0.102. The summed E-state index contributed by atoms with van der Waals surface area (Å²) in [4.78, 5) is 120. The summed E-state index contributed by atoms with van der Waals surface area (Å²) in [6, 6.07) is 53.7. The lowest BCUT2D eigenvalue weighted by atomic mass is 10.1. The number of ether oxygens (including phenoxy) is 4. The van der Waals surface area contributed by atoms with Gasteiger partial charge in [0.15, 0.2) is 57.0 Å². The van der Waals surface area contributed by atoms with Gasteiger partial charge < -0.3 is 69.4 Å². The van der Waals surface area contributed by atoms with Crippen molar-refractivity contribution in [2.75, 3.05) is 29.6 Å².